The lowest BCUT2D eigenvalue weighted by atomic mass is 10.0. The molecule has 492 valence electrons. The highest BCUT2D eigenvalue weighted by Gasteiger charge is 2.57. The number of carboxylic acids is 1. The number of aromatic carboxylic acids is 1. The fourth-order valence-corrected chi connectivity index (χ4v) is 12.2. The highest BCUT2D eigenvalue weighted by atomic mass is 35.5. The zero-order valence-electron chi connectivity index (χ0n) is 53.6. The van der Waals surface area contributed by atoms with E-state index in [1.54, 1.807) is 29.2 Å². The van der Waals surface area contributed by atoms with Crippen molar-refractivity contribution in [2.75, 3.05) is 19.6 Å². The number of hydrogen-bond donors (Lipinski definition) is 4. The molecule has 0 radical (unpaired) electrons. The van der Waals surface area contributed by atoms with E-state index in [9.17, 15) is 14.4 Å². The number of rotatable bonds is 18. The molecule has 2 heterocycles. The fourth-order valence-electron chi connectivity index (χ4n) is 11.8. The van der Waals surface area contributed by atoms with Crippen molar-refractivity contribution in [2.24, 2.45) is 16.3 Å². The SMILES string of the molecule is CC(C)(C)OC(=O)N(CC1(C(N)=NO)CC1)[C@H]1C[C@@H]1c1ccccc1.CC(C)(C)OC(=O)N(CC1(c2noc(-c3ccc(Cl)cc3)n2)CC1)[C@H]1C[C@@H]1c1ccccc1.Clc1ccc(-c2nc(C3(CN[C@H]4C[C@@H]4c4ccccc4)CC3)no2)cc1.O=C(O)c1ccc(Cl)cc1. The Morgan fingerprint density at radius 3 is 1.34 bits per heavy atom. The van der Waals surface area contributed by atoms with Crippen molar-refractivity contribution in [1.29, 1.82) is 0 Å². The Morgan fingerprint density at radius 1 is 0.564 bits per heavy atom. The second-order valence-corrected chi connectivity index (χ2v) is 28.9. The summed E-state index contributed by atoms with van der Waals surface area (Å²) >= 11 is 17.5. The van der Waals surface area contributed by atoms with Crippen molar-refractivity contribution >= 4 is 58.8 Å². The summed E-state index contributed by atoms with van der Waals surface area (Å²) in [6.07, 6.45) is 8.15. The predicted octanol–water partition coefficient (Wildman–Crippen LogP) is 16.1. The number of nitrogens with zero attached hydrogens (tertiary/aromatic N) is 7. The van der Waals surface area contributed by atoms with Crippen LogP contribution in [0.25, 0.3) is 22.9 Å². The van der Waals surface area contributed by atoms with Crippen LogP contribution in [0.2, 0.25) is 15.1 Å². The molecule has 5 N–H and O–H groups in total. The minimum atomic E-state index is -0.934. The van der Waals surface area contributed by atoms with Gasteiger partial charge in [-0.15, -0.1) is 0 Å². The molecule has 0 spiro atoms. The number of amides is 2. The van der Waals surface area contributed by atoms with Crippen LogP contribution < -0.4 is 11.1 Å². The van der Waals surface area contributed by atoms with Crippen molar-refractivity contribution in [2.45, 2.75) is 157 Å². The van der Waals surface area contributed by atoms with Gasteiger partial charge in [-0.2, -0.15) is 9.97 Å². The molecule has 6 aliphatic carbocycles. The van der Waals surface area contributed by atoms with Crippen LogP contribution in [-0.4, -0.2) is 113 Å². The van der Waals surface area contributed by atoms with Gasteiger partial charge in [-0.05, 0) is 189 Å². The molecule has 6 aromatic carbocycles. The molecule has 0 unspecified atom stereocenters. The van der Waals surface area contributed by atoms with E-state index in [1.807, 2.05) is 119 Å². The van der Waals surface area contributed by atoms with Crippen LogP contribution in [0.4, 0.5) is 9.59 Å². The number of carboxylic acid groups (broad SMARTS) is 1. The van der Waals surface area contributed by atoms with Crippen LogP contribution in [-0.2, 0) is 20.3 Å². The summed E-state index contributed by atoms with van der Waals surface area (Å²) in [5, 5.41) is 34.9. The van der Waals surface area contributed by atoms with E-state index in [-0.39, 0.29) is 46.5 Å². The van der Waals surface area contributed by atoms with Gasteiger partial charge in [-0.1, -0.05) is 141 Å². The van der Waals surface area contributed by atoms with Crippen LogP contribution in [0.15, 0.2) is 178 Å². The molecule has 94 heavy (non-hydrogen) atoms. The molecular weight excluding hydrogens is 1250 g/mol. The standard InChI is InChI=1S/C26H28ClN3O3.C21H20ClN3O.C19H27N3O3.C7H5ClO2/c1-25(2,3)32-24(31)30(21-15-20(21)17-7-5-4-6-8-17)16-26(13-14-26)23-28-22(33-29-23)18-9-11-19(27)12-10-18;22-16-8-6-15(7-9-16)19-24-20(25-26-19)21(10-11-21)13-23-18-12-17(18)14-4-2-1-3-5-14;1-18(2,3)25-17(23)22(12-19(9-10-19)16(20)21-24)15-11-14(15)13-7-5-4-6-8-13;8-6-3-1-5(2-4-6)7(9)10/h4-12,20-21H,13-16H2,1-3H3;1-9,17-18,23H,10-13H2;4-8,14-15,24H,9-12H2,1-3H3,(H2,20,21);1-4H,(H,9,10)/t20-,21+;17-,18+;14-,15+;/m111./s1. The van der Waals surface area contributed by atoms with Gasteiger partial charge in [0.2, 0.25) is 0 Å². The summed E-state index contributed by atoms with van der Waals surface area (Å²) in [5.41, 5.74) is 10.00. The molecule has 21 heteroatoms. The first-order valence-electron chi connectivity index (χ1n) is 32.0. The van der Waals surface area contributed by atoms with Crippen molar-refractivity contribution < 1.29 is 43.2 Å². The Balaban J connectivity index is 0.000000135. The normalized spacial score (nSPS) is 21.2. The third-order valence-corrected chi connectivity index (χ3v) is 18.7. The molecule has 6 atom stereocenters. The van der Waals surface area contributed by atoms with Crippen molar-refractivity contribution in [3.8, 4) is 22.9 Å². The molecule has 6 aliphatic rings. The molecule has 6 fully saturated rings. The monoisotopic (exact) mass is 1330 g/mol. The maximum absolute atomic E-state index is 13.2. The van der Waals surface area contributed by atoms with E-state index >= 15 is 0 Å². The van der Waals surface area contributed by atoms with E-state index in [0.717, 1.165) is 74.9 Å². The average molecular weight is 1330 g/mol. The summed E-state index contributed by atoms with van der Waals surface area (Å²) in [4.78, 5) is 49.3. The average Bonchev–Trinajstić information content (AvgIpc) is 1.60. The lowest BCUT2D eigenvalue weighted by Crippen LogP contribution is -2.45. The number of aromatic nitrogens is 4. The molecule has 0 bridgehead atoms. The van der Waals surface area contributed by atoms with E-state index in [2.05, 4.69) is 85.4 Å². The molecular formula is C73H80Cl3N9O9. The molecule has 6 saturated carbocycles. The maximum Gasteiger partial charge on any atom is 0.410 e. The van der Waals surface area contributed by atoms with Crippen LogP contribution in [0.5, 0.6) is 0 Å². The quantitative estimate of drug-likeness (QED) is 0.0270. The number of oxime groups is 1. The fraction of sp³-hybridized carbons (Fsp3) is 0.397. The maximum atomic E-state index is 13.2. The van der Waals surface area contributed by atoms with E-state index in [4.69, 9.17) is 69.4 Å². The Kier molecular flexibility index (Phi) is 20.0. The molecule has 0 saturated heterocycles. The first kappa shape index (κ1) is 67.1. The Labute approximate surface area is 563 Å². The van der Waals surface area contributed by atoms with Crippen molar-refractivity contribution in [3.63, 3.8) is 0 Å². The summed E-state index contributed by atoms with van der Waals surface area (Å²) in [6, 6.07) is 52.9. The lowest BCUT2D eigenvalue weighted by molar-refractivity contribution is 0.0197. The van der Waals surface area contributed by atoms with Gasteiger partial charge < -0.3 is 49.7 Å². The zero-order valence-corrected chi connectivity index (χ0v) is 55.9. The predicted molar refractivity (Wildman–Crippen MR) is 361 cm³/mol. The van der Waals surface area contributed by atoms with Gasteiger partial charge >= 0.3 is 18.2 Å². The Bertz CT molecular complexity index is 3910. The van der Waals surface area contributed by atoms with Crippen LogP contribution in [0.3, 0.4) is 0 Å². The number of carbonyl (C=O) groups excluding carboxylic acids is 2. The number of amidine groups is 1. The number of nitrogens with one attached hydrogen (secondary N) is 1. The van der Waals surface area contributed by atoms with Crippen LogP contribution in [0, 0.1) is 5.41 Å². The smallest absolute Gasteiger partial charge is 0.410 e. The van der Waals surface area contributed by atoms with Crippen LogP contribution >= 0.6 is 34.8 Å². The number of benzene rings is 6. The lowest BCUT2D eigenvalue weighted by Gasteiger charge is -2.30. The van der Waals surface area contributed by atoms with Gasteiger partial charge in [-0.25, -0.2) is 14.4 Å². The van der Waals surface area contributed by atoms with E-state index in [1.165, 1.54) is 35.2 Å². The first-order valence-corrected chi connectivity index (χ1v) is 33.1. The summed E-state index contributed by atoms with van der Waals surface area (Å²) in [7, 11) is 0. The summed E-state index contributed by atoms with van der Waals surface area (Å²) < 4.78 is 22.5. The molecule has 8 aromatic rings. The van der Waals surface area contributed by atoms with Crippen LogP contribution in [0.1, 0.15) is 156 Å². The first-order chi connectivity index (χ1) is 44.9. The van der Waals surface area contributed by atoms with Gasteiger partial charge in [-0.3, -0.25) is 0 Å². The second-order valence-electron chi connectivity index (χ2n) is 27.6. The van der Waals surface area contributed by atoms with Crippen molar-refractivity contribution in [1.82, 2.24) is 35.4 Å². The zero-order chi connectivity index (χ0) is 66.6. The van der Waals surface area contributed by atoms with Crippen molar-refractivity contribution in [3.05, 3.63) is 213 Å². The number of hydrogen-bond acceptors (Lipinski definition) is 14. The number of halogens is 3. The topological polar surface area (TPSA) is 245 Å². The summed E-state index contributed by atoms with van der Waals surface area (Å²) in [6.45, 7) is 13.2. The molecule has 18 nitrogen and oxygen atoms in total. The van der Waals surface area contributed by atoms with Gasteiger partial charge in [0.1, 0.15) is 17.0 Å². The van der Waals surface area contributed by atoms with Gasteiger partial charge in [0.25, 0.3) is 11.8 Å². The Morgan fingerprint density at radius 2 is 0.957 bits per heavy atom. The minimum absolute atomic E-state index is 0.0397. The number of ether oxygens (including phenoxy) is 2. The van der Waals surface area contributed by atoms with E-state index < -0.39 is 22.6 Å². The Hall–Kier alpha value is -8.29. The summed E-state index contributed by atoms with van der Waals surface area (Å²) in [5.74, 6) is 3.06. The van der Waals surface area contributed by atoms with Gasteiger partial charge in [0, 0.05) is 92.5 Å². The highest BCUT2D eigenvalue weighted by molar-refractivity contribution is 6.31. The third-order valence-electron chi connectivity index (χ3n) is 18.0. The molecule has 2 amide bonds. The number of carbonyl (C=O) groups is 3. The van der Waals surface area contributed by atoms with E-state index in [0.29, 0.717) is 69.6 Å². The number of nitrogens with two attached hydrogens (primary N) is 1. The highest BCUT2D eigenvalue weighted by Crippen LogP contribution is 2.54. The second kappa shape index (κ2) is 28.0. The molecule has 0 aliphatic heterocycles. The third kappa shape index (κ3) is 17.2. The van der Waals surface area contributed by atoms with Gasteiger partial charge in [0.15, 0.2) is 11.6 Å². The largest absolute Gasteiger partial charge is 0.478 e. The minimum Gasteiger partial charge on any atom is -0.478 e. The molecule has 2 aromatic heterocycles. The molecule has 14 rings (SSSR count). The van der Waals surface area contributed by atoms with Gasteiger partial charge in [0.05, 0.1) is 11.0 Å².